The van der Waals surface area contributed by atoms with E-state index in [0.29, 0.717) is 29.9 Å². The number of carbonyl (C=O) groups is 2. The van der Waals surface area contributed by atoms with Crippen molar-refractivity contribution in [2.75, 3.05) is 18.8 Å². The molecule has 1 saturated heterocycles. The maximum Gasteiger partial charge on any atom is 0.255 e. The largest absolute Gasteiger partial charge is 0.461 e. The van der Waals surface area contributed by atoms with Crippen LogP contribution in [0.25, 0.3) is 22.6 Å². The summed E-state index contributed by atoms with van der Waals surface area (Å²) in [6.45, 7) is 2.08. The number of amides is 1. The normalized spacial score (nSPS) is 19.5. The molecule has 2 aliphatic rings. The Kier molecular flexibility index (Phi) is 7.35. The van der Waals surface area contributed by atoms with Crippen molar-refractivity contribution in [2.24, 2.45) is 5.92 Å². The average Bonchev–Trinajstić information content (AvgIpc) is 3.65. The molecule has 2 N–H and O–H groups in total. The van der Waals surface area contributed by atoms with Gasteiger partial charge >= 0.3 is 0 Å². The van der Waals surface area contributed by atoms with E-state index in [1.54, 1.807) is 24.4 Å². The number of furan rings is 1. The number of aromatic nitrogens is 2. The minimum atomic E-state index is -2.70. The number of nitrogens with zero attached hydrogens (tertiary/aromatic N) is 3. The number of hydrogen-bond acceptors (Lipinski definition) is 6. The number of nitrogens with two attached hydrogens (primary N) is 1. The van der Waals surface area contributed by atoms with E-state index >= 15 is 0 Å². The molecular formula is C33H32F2N4O3. The third kappa shape index (κ3) is 5.95. The van der Waals surface area contributed by atoms with Crippen LogP contribution in [-0.2, 0) is 11.2 Å². The highest BCUT2D eigenvalue weighted by molar-refractivity contribution is 5.94. The zero-order valence-electron chi connectivity index (χ0n) is 23.4. The fraction of sp³-hybridized carbons (Fsp3) is 0.333. The highest BCUT2D eigenvalue weighted by atomic mass is 19.3. The Morgan fingerprint density at radius 1 is 1.02 bits per heavy atom. The molecule has 0 spiro atoms. The number of likely N-dealkylation sites (tertiary alicyclic amines) is 1. The molecule has 1 aliphatic heterocycles. The van der Waals surface area contributed by atoms with E-state index in [2.05, 4.69) is 9.97 Å². The van der Waals surface area contributed by atoms with Crippen LogP contribution in [0.5, 0.6) is 0 Å². The summed E-state index contributed by atoms with van der Waals surface area (Å²) >= 11 is 0. The standard InChI is InChI=1S/C33H32F2N4O3/c1-20-16-21(28-8-3-23(19-37-28)32(41)39-14-12-33(34,35)13-15-39)2-7-25(20)30-10-6-24(42-30)5-9-29(40)27-17-26(27)22-4-11-31(36)38-18-22/h2-4,6-8,10-11,16,18-19,26-27H,5,9,12-15,17H2,1H3,(H2,36,38). The number of nitrogen functional groups attached to an aromatic ring is 1. The molecule has 0 bridgehead atoms. The van der Waals surface area contributed by atoms with Gasteiger partial charge < -0.3 is 15.1 Å². The van der Waals surface area contributed by atoms with Gasteiger partial charge in [-0.3, -0.25) is 14.6 Å². The zero-order valence-corrected chi connectivity index (χ0v) is 23.4. The summed E-state index contributed by atoms with van der Waals surface area (Å²) in [7, 11) is 0. The molecule has 216 valence electrons. The lowest BCUT2D eigenvalue weighted by Crippen LogP contribution is -2.42. The number of carbonyl (C=O) groups excluding carboxylic acids is 2. The Morgan fingerprint density at radius 3 is 2.52 bits per heavy atom. The molecule has 2 unspecified atom stereocenters. The molecule has 1 amide bonds. The lowest BCUT2D eigenvalue weighted by atomic mass is 10.0. The van der Waals surface area contributed by atoms with E-state index in [4.69, 9.17) is 10.2 Å². The van der Waals surface area contributed by atoms with Gasteiger partial charge in [0.1, 0.15) is 23.1 Å². The van der Waals surface area contributed by atoms with Crippen molar-refractivity contribution in [3.8, 4) is 22.6 Å². The van der Waals surface area contributed by atoms with Gasteiger partial charge in [0.2, 0.25) is 0 Å². The van der Waals surface area contributed by atoms with Crippen molar-refractivity contribution in [3.63, 3.8) is 0 Å². The van der Waals surface area contributed by atoms with Crippen LogP contribution in [0.3, 0.4) is 0 Å². The lowest BCUT2D eigenvalue weighted by molar-refractivity contribution is -0.120. The quantitative estimate of drug-likeness (QED) is 0.261. The van der Waals surface area contributed by atoms with Crippen molar-refractivity contribution < 1.29 is 22.8 Å². The Morgan fingerprint density at radius 2 is 1.83 bits per heavy atom. The first kappa shape index (κ1) is 27.8. The second-order valence-electron chi connectivity index (χ2n) is 11.3. The number of ketones is 1. The highest BCUT2D eigenvalue weighted by Gasteiger charge is 2.43. The molecule has 1 aromatic carbocycles. The molecule has 2 atom stereocenters. The van der Waals surface area contributed by atoms with Gasteiger partial charge in [-0.1, -0.05) is 18.2 Å². The number of pyridine rings is 2. The Labute approximate surface area is 242 Å². The number of halogens is 2. The molecule has 9 heteroatoms. The third-order valence-corrected chi connectivity index (χ3v) is 8.30. The average molecular weight is 571 g/mol. The first-order valence-corrected chi connectivity index (χ1v) is 14.2. The van der Waals surface area contributed by atoms with E-state index in [1.165, 1.54) is 11.1 Å². The zero-order chi connectivity index (χ0) is 29.4. The molecule has 1 saturated carbocycles. The van der Waals surface area contributed by atoms with Crippen molar-refractivity contribution in [1.29, 1.82) is 0 Å². The van der Waals surface area contributed by atoms with Crippen LogP contribution in [0.2, 0.25) is 0 Å². The summed E-state index contributed by atoms with van der Waals surface area (Å²) in [5, 5.41) is 0. The number of rotatable bonds is 8. The fourth-order valence-electron chi connectivity index (χ4n) is 5.65. The minimum Gasteiger partial charge on any atom is -0.461 e. The van der Waals surface area contributed by atoms with Crippen LogP contribution in [0.1, 0.15) is 58.8 Å². The van der Waals surface area contributed by atoms with E-state index in [0.717, 1.165) is 40.2 Å². The van der Waals surface area contributed by atoms with Crippen LogP contribution >= 0.6 is 0 Å². The number of hydrogen-bond donors (Lipinski definition) is 1. The van der Waals surface area contributed by atoms with Gasteiger partial charge in [-0.15, -0.1) is 0 Å². The molecule has 0 radical (unpaired) electrons. The molecule has 7 nitrogen and oxygen atoms in total. The van der Waals surface area contributed by atoms with Crippen molar-refractivity contribution >= 4 is 17.5 Å². The molecular weight excluding hydrogens is 538 g/mol. The summed E-state index contributed by atoms with van der Waals surface area (Å²) in [5.74, 6) is -0.472. The number of benzene rings is 1. The summed E-state index contributed by atoms with van der Waals surface area (Å²) in [4.78, 5) is 35.5. The Hall–Kier alpha value is -4.40. The van der Waals surface area contributed by atoms with Crippen LogP contribution in [0.15, 0.2) is 71.4 Å². The molecule has 4 aromatic rings. The molecule has 4 heterocycles. The van der Waals surface area contributed by atoms with E-state index in [1.807, 2.05) is 43.3 Å². The van der Waals surface area contributed by atoms with Crippen molar-refractivity contribution in [2.45, 2.75) is 50.9 Å². The monoisotopic (exact) mass is 570 g/mol. The number of alkyl halides is 2. The van der Waals surface area contributed by atoms with Crippen molar-refractivity contribution in [1.82, 2.24) is 14.9 Å². The van der Waals surface area contributed by atoms with E-state index in [9.17, 15) is 18.4 Å². The molecule has 3 aromatic heterocycles. The summed E-state index contributed by atoms with van der Waals surface area (Å²) < 4.78 is 33.0. The van der Waals surface area contributed by atoms with Crippen LogP contribution in [0, 0.1) is 12.8 Å². The maximum atomic E-state index is 13.4. The Balaban J connectivity index is 1.05. The number of Topliss-reactive ketones (excluding diaryl/α,β-unsaturated/α-hetero) is 1. The predicted molar refractivity (Wildman–Crippen MR) is 155 cm³/mol. The van der Waals surface area contributed by atoms with E-state index in [-0.39, 0.29) is 49.5 Å². The third-order valence-electron chi connectivity index (χ3n) is 8.30. The smallest absolute Gasteiger partial charge is 0.255 e. The predicted octanol–water partition coefficient (Wildman–Crippen LogP) is 6.47. The van der Waals surface area contributed by atoms with Gasteiger partial charge in [0.25, 0.3) is 11.8 Å². The van der Waals surface area contributed by atoms with Crippen LogP contribution in [0.4, 0.5) is 14.6 Å². The first-order chi connectivity index (χ1) is 20.2. The number of anilines is 1. The van der Waals surface area contributed by atoms with Crippen molar-refractivity contribution in [3.05, 3.63) is 89.4 Å². The van der Waals surface area contributed by atoms with E-state index < -0.39 is 5.92 Å². The van der Waals surface area contributed by atoms with Crippen LogP contribution < -0.4 is 5.73 Å². The molecule has 42 heavy (non-hydrogen) atoms. The van der Waals surface area contributed by atoms with Gasteiger partial charge in [-0.2, -0.15) is 0 Å². The summed E-state index contributed by atoms with van der Waals surface area (Å²) in [6.07, 6.45) is 4.48. The summed E-state index contributed by atoms with van der Waals surface area (Å²) in [5.41, 5.74) is 10.7. The van der Waals surface area contributed by atoms with Gasteiger partial charge in [0.05, 0.1) is 11.3 Å². The second kappa shape index (κ2) is 11.1. The molecule has 2 fully saturated rings. The van der Waals surface area contributed by atoms with Gasteiger partial charge in [0, 0.05) is 68.2 Å². The molecule has 1 aliphatic carbocycles. The topological polar surface area (TPSA) is 102 Å². The van der Waals surface area contributed by atoms with Gasteiger partial charge in [-0.05, 0) is 66.8 Å². The fourth-order valence-corrected chi connectivity index (χ4v) is 5.65. The van der Waals surface area contributed by atoms with Gasteiger partial charge in [0.15, 0.2) is 0 Å². The first-order valence-electron chi connectivity index (χ1n) is 14.2. The number of aryl methyl sites for hydroxylation is 2. The number of piperidine rings is 1. The highest BCUT2D eigenvalue weighted by Crippen LogP contribution is 2.48. The summed E-state index contributed by atoms with van der Waals surface area (Å²) in [6, 6.07) is 17.0. The SMILES string of the molecule is Cc1cc(-c2ccc(C(=O)N3CCC(F)(F)CC3)cn2)ccc1-c1ccc(CCC(=O)C2CC2c2ccc(N)nc2)o1. The maximum absolute atomic E-state index is 13.4. The van der Waals surface area contributed by atoms with Gasteiger partial charge in [-0.25, -0.2) is 13.8 Å². The lowest BCUT2D eigenvalue weighted by Gasteiger charge is -2.31. The minimum absolute atomic E-state index is 0.0400. The Bertz CT molecular complexity index is 1610. The van der Waals surface area contributed by atoms with Crippen LogP contribution in [-0.4, -0.2) is 45.6 Å². The molecule has 6 rings (SSSR count). The second-order valence-corrected chi connectivity index (χ2v) is 11.3.